The summed E-state index contributed by atoms with van der Waals surface area (Å²) in [7, 11) is 0. The zero-order valence-electron chi connectivity index (χ0n) is 9.91. The zero-order valence-corrected chi connectivity index (χ0v) is 11.5. The fourth-order valence-corrected chi connectivity index (χ4v) is 2.15. The quantitative estimate of drug-likeness (QED) is 0.888. The van der Waals surface area contributed by atoms with Gasteiger partial charge in [-0.1, -0.05) is 59.3 Å². The van der Waals surface area contributed by atoms with Crippen LogP contribution in [0.3, 0.4) is 0 Å². The van der Waals surface area contributed by atoms with E-state index in [1.54, 1.807) is 0 Å². The molecule has 0 bridgehead atoms. The van der Waals surface area contributed by atoms with Gasteiger partial charge in [-0.3, -0.25) is 0 Å². The molecule has 0 saturated carbocycles. The summed E-state index contributed by atoms with van der Waals surface area (Å²) < 4.78 is 1.12. The van der Waals surface area contributed by atoms with E-state index in [-0.39, 0.29) is 0 Å². The third-order valence-corrected chi connectivity index (χ3v) is 3.18. The second kappa shape index (κ2) is 5.99. The maximum Gasteiger partial charge on any atom is 0.0205 e. The van der Waals surface area contributed by atoms with Gasteiger partial charge in [0.25, 0.3) is 0 Å². The zero-order chi connectivity index (χ0) is 12.1. The minimum Gasteiger partial charge on any atom is -0.313 e. The van der Waals surface area contributed by atoms with Crippen LogP contribution in [-0.2, 0) is 6.54 Å². The maximum atomic E-state index is 3.50. The van der Waals surface area contributed by atoms with Gasteiger partial charge in [0.15, 0.2) is 0 Å². The van der Waals surface area contributed by atoms with Crippen molar-refractivity contribution < 1.29 is 0 Å². The van der Waals surface area contributed by atoms with Crippen LogP contribution in [0.25, 0.3) is 11.1 Å². The molecular weight excluding hydrogens is 274 g/mol. The number of nitrogens with one attached hydrogen (secondary N) is 1. The highest BCUT2D eigenvalue weighted by Crippen LogP contribution is 2.23. The Hall–Kier alpha value is -1.12. The first-order chi connectivity index (χ1) is 8.29. The van der Waals surface area contributed by atoms with Crippen LogP contribution >= 0.6 is 15.9 Å². The first-order valence-electron chi connectivity index (χ1n) is 5.85. The Morgan fingerprint density at radius 3 is 2.41 bits per heavy atom. The molecule has 0 aromatic heterocycles. The van der Waals surface area contributed by atoms with Crippen molar-refractivity contribution in [2.45, 2.75) is 13.5 Å². The lowest BCUT2D eigenvalue weighted by Crippen LogP contribution is -2.11. The lowest BCUT2D eigenvalue weighted by atomic mass is 10.0. The van der Waals surface area contributed by atoms with Crippen molar-refractivity contribution in [3.8, 4) is 11.1 Å². The summed E-state index contributed by atoms with van der Waals surface area (Å²) >= 11 is 3.50. The SMILES string of the molecule is CCNCc1ccc(-c2cccc(Br)c2)cc1. The van der Waals surface area contributed by atoms with Gasteiger partial charge in [-0.15, -0.1) is 0 Å². The van der Waals surface area contributed by atoms with Gasteiger partial charge < -0.3 is 5.32 Å². The largest absolute Gasteiger partial charge is 0.313 e. The van der Waals surface area contributed by atoms with Crippen LogP contribution in [0.5, 0.6) is 0 Å². The number of hydrogen-bond acceptors (Lipinski definition) is 1. The molecule has 88 valence electrons. The number of halogens is 1. The summed E-state index contributed by atoms with van der Waals surface area (Å²) in [5.74, 6) is 0. The van der Waals surface area contributed by atoms with Crippen molar-refractivity contribution in [2.75, 3.05) is 6.54 Å². The molecule has 0 heterocycles. The van der Waals surface area contributed by atoms with Crippen molar-refractivity contribution in [1.29, 1.82) is 0 Å². The molecule has 0 radical (unpaired) electrons. The minimum absolute atomic E-state index is 0.940. The third-order valence-electron chi connectivity index (χ3n) is 2.69. The summed E-state index contributed by atoms with van der Waals surface area (Å²) in [4.78, 5) is 0. The van der Waals surface area contributed by atoms with Gasteiger partial charge in [0, 0.05) is 11.0 Å². The molecule has 1 nitrogen and oxygen atoms in total. The molecule has 0 aliphatic carbocycles. The van der Waals surface area contributed by atoms with Gasteiger partial charge in [0.2, 0.25) is 0 Å². The van der Waals surface area contributed by atoms with E-state index in [2.05, 4.69) is 70.6 Å². The van der Waals surface area contributed by atoms with Crippen molar-refractivity contribution in [3.05, 3.63) is 58.6 Å². The van der Waals surface area contributed by atoms with Gasteiger partial charge in [-0.25, -0.2) is 0 Å². The predicted molar refractivity (Wildman–Crippen MR) is 77.0 cm³/mol. The van der Waals surface area contributed by atoms with Crippen molar-refractivity contribution in [2.24, 2.45) is 0 Å². The molecule has 1 N–H and O–H groups in total. The van der Waals surface area contributed by atoms with Gasteiger partial charge >= 0.3 is 0 Å². The average molecular weight is 290 g/mol. The molecule has 2 rings (SSSR count). The lowest BCUT2D eigenvalue weighted by Gasteiger charge is -2.05. The van der Waals surface area contributed by atoms with E-state index in [0.717, 1.165) is 17.6 Å². The molecule has 0 fully saturated rings. The van der Waals surface area contributed by atoms with Crippen LogP contribution < -0.4 is 5.32 Å². The van der Waals surface area contributed by atoms with E-state index in [0.29, 0.717) is 0 Å². The van der Waals surface area contributed by atoms with E-state index in [1.165, 1.54) is 16.7 Å². The number of hydrogen-bond donors (Lipinski definition) is 1. The molecule has 0 spiro atoms. The summed E-state index contributed by atoms with van der Waals surface area (Å²) in [6, 6.07) is 17.1. The van der Waals surface area contributed by atoms with Gasteiger partial charge in [-0.05, 0) is 35.4 Å². The third kappa shape index (κ3) is 3.42. The smallest absolute Gasteiger partial charge is 0.0205 e. The fourth-order valence-electron chi connectivity index (χ4n) is 1.75. The normalized spacial score (nSPS) is 10.5. The van der Waals surface area contributed by atoms with E-state index in [1.807, 2.05) is 6.07 Å². The maximum absolute atomic E-state index is 3.50. The van der Waals surface area contributed by atoms with Gasteiger partial charge in [0.1, 0.15) is 0 Å². The van der Waals surface area contributed by atoms with Crippen LogP contribution in [0.4, 0.5) is 0 Å². The monoisotopic (exact) mass is 289 g/mol. The fraction of sp³-hybridized carbons (Fsp3) is 0.200. The average Bonchev–Trinajstić information content (AvgIpc) is 2.37. The second-order valence-electron chi connectivity index (χ2n) is 3.99. The molecule has 0 unspecified atom stereocenters. The summed E-state index contributed by atoms with van der Waals surface area (Å²) in [6.07, 6.45) is 0. The summed E-state index contributed by atoms with van der Waals surface area (Å²) in [5, 5.41) is 3.33. The summed E-state index contributed by atoms with van der Waals surface area (Å²) in [6.45, 7) is 4.07. The summed E-state index contributed by atoms with van der Waals surface area (Å²) in [5.41, 5.74) is 3.83. The Morgan fingerprint density at radius 1 is 1.00 bits per heavy atom. The molecule has 0 saturated heterocycles. The van der Waals surface area contributed by atoms with E-state index < -0.39 is 0 Å². The van der Waals surface area contributed by atoms with Gasteiger partial charge in [-0.2, -0.15) is 0 Å². The van der Waals surface area contributed by atoms with Crippen molar-refractivity contribution >= 4 is 15.9 Å². The highest BCUT2D eigenvalue weighted by Gasteiger charge is 1.98. The van der Waals surface area contributed by atoms with E-state index in [9.17, 15) is 0 Å². The molecule has 17 heavy (non-hydrogen) atoms. The Kier molecular flexibility index (Phi) is 4.35. The standard InChI is InChI=1S/C15H16BrN/c1-2-17-11-12-6-8-13(9-7-12)14-4-3-5-15(16)10-14/h3-10,17H,2,11H2,1H3. The van der Waals surface area contributed by atoms with Crippen LogP contribution in [0.15, 0.2) is 53.0 Å². The Morgan fingerprint density at radius 2 is 1.76 bits per heavy atom. The molecule has 0 aliphatic rings. The van der Waals surface area contributed by atoms with Crippen LogP contribution in [0.2, 0.25) is 0 Å². The molecule has 0 amide bonds. The predicted octanol–water partition coefficient (Wildman–Crippen LogP) is 4.23. The highest BCUT2D eigenvalue weighted by atomic mass is 79.9. The number of benzene rings is 2. The Labute approximate surface area is 111 Å². The molecule has 2 aromatic carbocycles. The topological polar surface area (TPSA) is 12.0 Å². The van der Waals surface area contributed by atoms with Gasteiger partial charge in [0.05, 0.1) is 0 Å². The second-order valence-corrected chi connectivity index (χ2v) is 4.90. The van der Waals surface area contributed by atoms with Crippen LogP contribution in [-0.4, -0.2) is 6.54 Å². The van der Waals surface area contributed by atoms with Crippen molar-refractivity contribution in [3.63, 3.8) is 0 Å². The first-order valence-corrected chi connectivity index (χ1v) is 6.64. The van der Waals surface area contributed by atoms with E-state index >= 15 is 0 Å². The molecule has 0 aliphatic heterocycles. The molecule has 2 aromatic rings. The highest BCUT2D eigenvalue weighted by molar-refractivity contribution is 9.10. The molecule has 0 atom stereocenters. The van der Waals surface area contributed by atoms with Crippen molar-refractivity contribution in [1.82, 2.24) is 5.32 Å². The molecular formula is C15H16BrN. The van der Waals surface area contributed by atoms with Crippen LogP contribution in [0, 0.1) is 0 Å². The Bertz CT molecular complexity index is 477. The lowest BCUT2D eigenvalue weighted by molar-refractivity contribution is 0.727. The van der Waals surface area contributed by atoms with Crippen LogP contribution in [0.1, 0.15) is 12.5 Å². The van der Waals surface area contributed by atoms with E-state index in [4.69, 9.17) is 0 Å². The minimum atomic E-state index is 0.940. The first kappa shape index (κ1) is 12.3. The molecule has 2 heteroatoms. The Balaban J connectivity index is 2.17. The number of rotatable bonds is 4.